The van der Waals surface area contributed by atoms with Gasteiger partial charge in [0.2, 0.25) is 0 Å². The second kappa shape index (κ2) is 6.56. The van der Waals surface area contributed by atoms with Gasteiger partial charge in [0, 0.05) is 5.69 Å². The van der Waals surface area contributed by atoms with Crippen molar-refractivity contribution < 1.29 is 14.3 Å². The second-order valence-electron chi connectivity index (χ2n) is 4.54. The van der Waals surface area contributed by atoms with Gasteiger partial charge < -0.3 is 4.74 Å². The van der Waals surface area contributed by atoms with E-state index < -0.39 is 11.8 Å². The summed E-state index contributed by atoms with van der Waals surface area (Å²) >= 11 is 0. The number of carbonyl (C=O) groups is 2. The van der Waals surface area contributed by atoms with Crippen LogP contribution in [-0.4, -0.2) is 28.6 Å². The molecule has 0 aliphatic heterocycles. The molecule has 1 aromatic carbocycles. The average Bonchev–Trinajstić information content (AvgIpc) is 2.91. The zero-order valence-corrected chi connectivity index (χ0v) is 11.8. The largest absolute Gasteiger partial charge is 0.484 e. The van der Waals surface area contributed by atoms with Gasteiger partial charge in [0.1, 0.15) is 5.75 Å². The third-order valence-electron chi connectivity index (χ3n) is 2.64. The van der Waals surface area contributed by atoms with E-state index in [0.717, 1.165) is 11.3 Å². The number of rotatable bonds is 4. The molecule has 110 valence electrons. The highest BCUT2D eigenvalue weighted by atomic mass is 16.5. The van der Waals surface area contributed by atoms with Crippen LogP contribution in [0.2, 0.25) is 0 Å². The normalized spacial score (nSPS) is 10.0. The van der Waals surface area contributed by atoms with Crippen molar-refractivity contribution in [2.75, 3.05) is 6.61 Å². The number of hydrogen-bond acceptors (Lipinski definition) is 4. The number of nitrogens with one attached hydrogen (secondary N) is 3. The van der Waals surface area contributed by atoms with Crippen LogP contribution in [0.3, 0.4) is 0 Å². The summed E-state index contributed by atoms with van der Waals surface area (Å²) in [7, 11) is 0. The first kappa shape index (κ1) is 14.6. The quantitative estimate of drug-likeness (QED) is 0.727. The molecule has 0 fully saturated rings. The van der Waals surface area contributed by atoms with Crippen molar-refractivity contribution in [3.05, 3.63) is 47.3 Å². The number of benzene rings is 1. The van der Waals surface area contributed by atoms with E-state index in [2.05, 4.69) is 21.0 Å². The molecule has 7 heteroatoms. The van der Waals surface area contributed by atoms with Crippen LogP contribution >= 0.6 is 0 Å². The number of aromatic nitrogens is 2. The molecule has 0 saturated heterocycles. The Morgan fingerprint density at radius 2 is 1.90 bits per heavy atom. The minimum Gasteiger partial charge on any atom is -0.484 e. The smallest absolute Gasteiger partial charge is 0.290 e. The Balaban J connectivity index is 1.74. The average molecular weight is 288 g/mol. The Labute approximate surface area is 121 Å². The molecule has 7 nitrogen and oxygen atoms in total. The van der Waals surface area contributed by atoms with Crippen molar-refractivity contribution in [3.8, 4) is 5.75 Å². The topological polar surface area (TPSA) is 96.1 Å². The van der Waals surface area contributed by atoms with Gasteiger partial charge in [-0.3, -0.25) is 25.5 Å². The van der Waals surface area contributed by atoms with Gasteiger partial charge in [0.15, 0.2) is 12.3 Å². The lowest BCUT2D eigenvalue weighted by molar-refractivity contribution is -0.123. The minimum atomic E-state index is -0.497. The number of H-pyrrole nitrogens is 1. The van der Waals surface area contributed by atoms with Gasteiger partial charge in [-0.2, -0.15) is 5.10 Å². The summed E-state index contributed by atoms with van der Waals surface area (Å²) in [5.74, 6) is -0.371. The number of amides is 2. The molecule has 0 aliphatic rings. The monoisotopic (exact) mass is 288 g/mol. The molecular formula is C14H16N4O3. The molecule has 2 rings (SSSR count). The molecule has 0 aliphatic carbocycles. The number of carbonyl (C=O) groups excluding carboxylic acids is 2. The fourth-order valence-corrected chi connectivity index (χ4v) is 1.54. The van der Waals surface area contributed by atoms with E-state index in [1.165, 1.54) is 0 Å². The van der Waals surface area contributed by atoms with E-state index in [1.54, 1.807) is 25.1 Å². The Morgan fingerprint density at radius 1 is 1.19 bits per heavy atom. The van der Waals surface area contributed by atoms with Gasteiger partial charge in [-0.05, 0) is 32.0 Å². The predicted octanol–water partition coefficient (Wildman–Crippen LogP) is 0.867. The SMILES string of the molecule is Cc1ccc(OCC(=O)NNC(=O)c2cc(C)[nH]n2)cc1. The van der Waals surface area contributed by atoms with Crippen LogP contribution in [-0.2, 0) is 4.79 Å². The fraction of sp³-hybridized carbons (Fsp3) is 0.214. The van der Waals surface area contributed by atoms with Crippen molar-refractivity contribution >= 4 is 11.8 Å². The van der Waals surface area contributed by atoms with Crippen LogP contribution in [0.15, 0.2) is 30.3 Å². The highest BCUT2D eigenvalue weighted by molar-refractivity contribution is 5.93. The maximum Gasteiger partial charge on any atom is 0.290 e. The lowest BCUT2D eigenvalue weighted by Crippen LogP contribution is -2.44. The zero-order chi connectivity index (χ0) is 15.2. The Bertz CT molecular complexity index is 634. The number of nitrogens with zero attached hydrogens (tertiary/aromatic N) is 1. The van der Waals surface area contributed by atoms with Gasteiger partial charge in [-0.25, -0.2) is 0 Å². The van der Waals surface area contributed by atoms with Crippen molar-refractivity contribution in [3.63, 3.8) is 0 Å². The van der Waals surface area contributed by atoms with E-state index in [4.69, 9.17) is 4.74 Å². The van der Waals surface area contributed by atoms with Crippen molar-refractivity contribution in [1.82, 2.24) is 21.0 Å². The third-order valence-corrected chi connectivity index (χ3v) is 2.64. The highest BCUT2D eigenvalue weighted by Gasteiger charge is 2.10. The first-order valence-electron chi connectivity index (χ1n) is 6.35. The number of aromatic amines is 1. The molecule has 0 spiro atoms. The molecule has 1 heterocycles. The number of ether oxygens (including phenoxy) is 1. The molecular weight excluding hydrogens is 272 g/mol. The van der Waals surface area contributed by atoms with Gasteiger partial charge in [0.05, 0.1) is 0 Å². The summed E-state index contributed by atoms with van der Waals surface area (Å²) in [6, 6.07) is 8.88. The number of hydrazine groups is 1. The molecule has 0 atom stereocenters. The Hall–Kier alpha value is -2.83. The molecule has 21 heavy (non-hydrogen) atoms. The Kier molecular flexibility index (Phi) is 4.55. The van der Waals surface area contributed by atoms with Gasteiger partial charge >= 0.3 is 0 Å². The van der Waals surface area contributed by atoms with E-state index in [1.807, 2.05) is 19.1 Å². The first-order valence-corrected chi connectivity index (χ1v) is 6.35. The summed E-state index contributed by atoms with van der Waals surface area (Å²) in [5, 5.41) is 6.42. The lowest BCUT2D eigenvalue weighted by Gasteiger charge is -2.08. The van der Waals surface area contributed by atoms with Crippen LogP contribution in [0.25, 0.3) is 0 Å². The summed E-state index contributed by atoms with van der Waals surface area (Å²) < 4.78 is 5.28. The van der Waals surface area contributed by atoms with Gasteiger partial charge in [-0.15, -0.1) is 0 Å². The highest BCUT2D eigenvalue weighted by Crippen LogP contribution is 2.10. The molecule has 2 aromatic rings. The van der Waals surface area contributed by atoms with Crippen LogP contribution < -0.4 is 15.6 Å². The third kappa shape index (κ3) is 4.34. The zero-order valence-electron chi connectivity index (χ0n) is 11.8. The van der Waals surface area contributed by atoms with Crippen LogP contribution in [0.1, 0.15) is 21.7 Å². The first-order chi connectivity index (χ1) is 10.0. The molecule has 1 aromatic heterocycles. The molecule has 2 amide bonds. The van der Waals surface area contributed by atoms with Crippen LogP contribution in [0.4, 0.5) is 0 Å². The standard InChI is InChI=1S/C14H16N4O3/c1-9-3-5-11(6-4-9)21-8-13(19)17-18-14(20)12-7-10(2)15-16-12/h3-7H,8H2,1-2H3,(H,15,16)(H,17,19)(H,18,20). The van der Waals surface area contributed by atoms with E-state index in [0.29, 0.717) is 5.75 Å². The predicted molar refractivity (Wildman–Crippen MR) is 75.6 cm³/mol. The van der Waals surface area contributed by atoms with Crippen molar-refractivity contribution in [2.24, 2.45) is 0 Å². The van der Waals surface area contributed by atoms with E-state index >= 15 is 0 Å². The number of aryl methyl sites for hydroxylation is 2. The van der Waals surface area contributed by atoms with E-state index in [-0.39, 0.29) is 12.3 Å². The second-order valence-corrected chi connectivity index (χ2v) is 4.54. The fourth-order valence-electron chi connectivity index (χ4n) is 1.54. The molecule has 0 unspecified atom stereocenters. The van der Waals surface area contributed by atoms with Gasteiger partial charge in [0.25, 0.3) is 11.8 Å². The van der Waals surface area contributed by atoms with Crippen molar-refractivity contribution in [1.29, 1.82) is 0 Å². The van der Waals surface area contributed by atoms with Crippen molar-refractivity contribution in [2.45, 2.75) is 13.8 Å². The summed E-state index contributed by atoms with van der Waals surface area (Å²) in [4.78, 5) is 23.2. The number of hydrogen-bond donors (Lipinski definition) is 3. The lowest BCUT2D eigenvalue weighted by atomic mass is 10.2. The summed E-state index contributed by atoms with van der Waals surface area (Å²) in [5.41, 5.74) is 6.58. The minimum absolute atomic E-state index is 0.192. The van der Waals surface area contributed by atoms with Gasteiger partial charge in [-0.1, -0.05) is 17.7 Å². The molecule has 0 radical (unpaired) electrons. The maximum absolute atomic E-state index is 11.6. The van der Waals surface area contributed by atoms with E-state index in [9.17, 15) is 9.59 Å². The molecule has 0 saturated carbocycles. The molecule has 3 N–H and O–H groups in total. The maximum atomic E-state index is 11.6. The van der Waals surface area contributed by atoms with Crippen LogP contribution in [0.5, 0.6) is 5.75 Å². The Morgan fingerprint density at radius 3 is 2.52 bits per heavy atom. The summed E-state index contributed by atoms with van der Waals surface area (Å²) in [6.07, 6.45) is 0. The van der Waals surface area contributed by atoms with Crippen LogP contribution in [0, 0.1) is 13.8 Å². The summed E-state index contributed by atoms with van der Waals surface area (Å²) in [6.45, 7) is 3.55. The molecule has 0 bridgehead atoms.